The second-order valence-corrected chi connectivity index (χ2v) is 8.63. The van der Waals surface area contributed by atoms with Gasteiger partial charge in [-0.1, -0.05) is 39.8 Å². The van der Waals surface area contributed by atoms with Gasteiger partial charge in [-0.15, -0.1) is 0 Å². The smallest absolute Gasteiger partial charge is 0.0611 e. The fraction of sp³-hybridized carbons (Fsp3) is 0.647. The van der Waals surface area contributed by atoms with Crippen LogP contribution in [0.1, 0.15) is 58.1 Å². The predicted molar refractivity (Wildman–Crippen MR) is 83.7 cm³/mol. The summed E-state index contributed by atoms with van der Waals surface area (Å²) in [5.74, 6) is 2.86. The number of rotatable bonds is 2. The number of aryl methyl sites for hydroxylation is 1. The van der Waals surface area contributed by atoms with Gasteiger partial charge in [-0.2, -0.15) is 0 Å². The molecule has 0 amide bonds. The number of hydrogen-bond donors (Lipinski definition) is 0. The quantitative estimate of drug-likeness (QED) is 0.678. The van der Waals surface area contributed by atoms with Crippen molar-refractivity contribution in [3.05, 3.63) is 29.3 Å². The first-order valence-electron chi connectivity index (χ1n) is 7.33. The zero-order valence-corrected chi connectivity index (χ0v) is 13.2. The molecule has 0 spiro atoms. The molecule has 0 aromatic heterocycles. The molecular formula is C17H27S+. The lowest BCUT2D eigenvalue weighted by molar-refractivity contribution is 0.588. The highest BCUT2D eigenvalue weighted by molar-refractivity contribution is 7.97. The van der Waals surface area contributed by atoms with Gasteiger partial charge in [-0.3, -0.25) is 0 Å². The summed E-state index contributed by atoms with van der Waals surface area (Å²) in [5.41, 5.74) is 3.37. The van der Waals surface area contributed by atoms with Gasteiger partial charge < -0.3 is 0 Å². The highest BCUT2D eigenvalue weighted by Gasteiger charge is 2.28. The summed E-state index contributed by atoms with van der Waals surface area (Å²) in [4.78, 5) is 1.67. The van der Waals surface area contributed by atoms with Crippen LogP contribution in [-0.4, -0.2) is 11.5 Å². The van der Waals surface area contributed by atoms with E-state index in [4.69, 9.17) is 0 Å². The summed E-state index contributed by atoms with van der Waals surface area (Å²) in [7, 11) is 0.545. The molecule has 1 aliphatic rings. The van der Waals surface area contributed by atoms with Crippen molar-refractivity contribution in [2.75, 3.05) is 11.5 Å². The SMILES string of the molecule is CCc1cc(C(C)(C)C)ccc1[S+]1CCCCC1. The van der Waals surface area contributed by atoms with E-state index in [1.807, 2.05) is 0 Å². The molecule has 0 saturated carbocycles. The van der Waals surface area contributed by atoms with Gasteiger partial charge in [-0.25, -0.2) is 0 Å². The zero-order valence-electron chi connectivity index (χ0n) is 12.4. The molecule has 1 aliphatic heterocycles. The van der Waals surface area contributed by atoms with Crippen LogP contribution in [-0.2, 0) is 22.7 Å². The minimum absolute atomic E-state index is 0.276. The molecule has 0 radical (unpaired) electrons. The summed E-state index contributed by atoms with van der Waals surface area (Å²) in [6, 6.07) is 7.28. The van der Waals surface area contributed by atoms with Gasteiger partial charge >= 0.3 is 0 Å². The van der Waals surface area contributed by atoms with Crippen LogP contribution >= 0.6 is 0 Å². The molecule has 1 fully saturated rings. The summed E-state index contributed by atoms with van der Waals surface area (Å²) in [6.45, 7) is 9.23. The lowest BCUT2D eigenvalue weighted by Crippen LogP contribution is -2.20. The molecule has 0 unspecified atom stereocenters. The highest BCUT2D eigenvalue weighted by Crippen LogP contribution is 2.30. The van der Waals surface area contributed by atoms with Gasteiger partial charge in [0.05, 0.1) is 0 Å². The Labute approximate surface area is 116 Å². The minimum Gasteiger partial charge on any atom is -0.0611 e. The van der Waals surface area contributed by atoms with Crippen LogP contribution < -0.4 is 0 Å². The molecule has 0 bridgehead atoms. The Balaban J connectivity index is 2.30. The van der Waals surface area contributed by atoms with Crippen molar-refractivity contribution in [3.63, 3.8) is 0 Å². The van der Waals surface area contributed by atoms with Crippen molar-refractivity contribution in [2.45, 2.75) is 63.7 Å². The fourth-order valence-corrected chi connectivity index (χ4v) is 5.24. The van der Waals surface area contributed by atoms with Crippen molar-refractivity contribution in [2.24, 2.45) is 0 Å². The van der Waals surface area contributed by atoms with Crippen LogP contribution in [0.3, 0.4) is 0 Å². The lowest BCUT2D eigenvalue weighted by Gasteiger charge is -2.22. The molecule has 1 heterocycles. The first-order chi connectivity index (χ1) is 8.52. The van der Waals surface area contributed by atoms with Crippen LogP contribution in [0.15, 0.2) is 23.1 Å². The molecule has 100 valence electrons. The largest absolute Gasteiger partial charge is 0.158 e. The van der Waals surface area contributed by atoms with Crippen LogP contribution in [0.2, 0.25) is 0 Å². The standard InChI is InChI=1S/C17H27S/c1-5-14-13-15(17(2,3)4)9-10-16(14)18-11-7-6-8-12-18/h9-10,13H,5-8,11-12H2,1-4H3/q+1. The van der Waals surface area contributed by atoms with Gasteiger partial charge in [-0.05, 0) is 42.7 Å². The molecule has 18 heavy (non-hydrogen) atoms. The van der Waals surface area contributed by atoms with Crippen LogP contribution in [0, 0.1) is 0 Å². The zero-order chi connectivity index (χ0) is 13.2. The van der Waals surface area contributed by atoms with E-state index in [1.165, 1.54) is 42.8 Å². The van der Waals surface area contributed by atoms with E-state index in [1.54, 1.807) is 10.5 Å². The number of benzene rings is 1. The Hall–Kier alpha value is -0.430. The minimum atomic E-state index is 0.276. The molecule has 0 N–H and O–H groups in total. The molecule has 1 aromatic carbocycles. The Morgan fingerprint density at radius 3 is 2.28 bits per heavy atom. The number of hydrogen-bond acceptors (Lipinski definition) is 0. The maximum atomic E-state index is 2.47. The second kappa shape index (κ2) is 5.69. The van der Waals surface area contributed by atoms with E-state index in [0.29, 0.717) is 10.9 Å². The summed E-state index contributed by atoms with van der Waals surface area (Å²) < 4.78 is 0. The molecule has 0 aliphatic carbocycles. The van der Waals surface area contributed by atoms with Gasteiger partial charge in [0.25, 0.3) is 0 Å². The van der Waals surface area contributed by atoms with Crippen molar-refractivity contribution in [1.29, 1.82) is 0 Å². The van der Waals surface area contributed by atoms with E-state index in [2.05, 4.69) is 45.9 Å². The van der Waals surface area contributed by atoms with E-state index < -0.39 is 0 Å². The average molecular weight is 263 g/mol. The maximum absolute atomic E-state index is 2.47. The van der Waals surface area contributed by atoms with Crippen LogP contribution in [0.25, 0.3) is 0 Å². The molecule has 0 atom stereocenters. The first kappa shape index (κ1) is 14.0. The monoisotopic (exact) mass is 263 g/mol. The first-order valence-corrected chi connectivity index (χ1v) is 8.89. The van der Waals surface area contributed by atoms with E-state index in [9.17, 15) is 0 Å². The third-order valence-corrected chi connectivity index (χ3v) is 6.48. The molecule has 0 nitrogen and oxygen atoms in total. The van der Waals surface area contributed by atoms with Crippen molar-refractivity contribution < 1.29 is 0 Å². The van der Waals surface area contributed by atoms with E-state index >= 15 is 0 Å². The topological polar surface area (TPSA) is 0 Å². The van der Waals surface area contributed by atoms with Crippen LogP contribution in [0.5, 0.6) is 0 Å². The molecule has 1 aromatic rings. The summed E-state index contributed by atoms with van der Waals surface area (Å²) in [6.07, 6.45) is 5.51. The third kappa shape index (κ3) is 3.12. The Morgan fingerprint density at radius 1 is 1.06 bits per heavy atom. The highest BCUT2D eigenvalue weighted by atomic mass is 32.2. The normalized spacial score (nSPS) is 18.0. The Morgan fingerprint density at radius 2 is 1.72 bits per heavy atom. The van der Waals surface area contributed by atoms with E-state index in [-0.39, 0.29) is 5.41 Å². The van der Waals surface area contributed by atoms with Gasteiger partial charge in [0.1, 0.15) is 11.5 Å². The summed E-state index contributed by atoms with van der Waals surface area (Å²) in [5, 5.41) is 0. The molecule has 1 heteroatoms. The molecular weight excluding hydrogens is 236 g/mol. The van der Waals surface area contributed by atoms with Crippen molar-refractivity contribution >= 4 is 10.9 Å². The summed E-state index contributed by atoms with van der Waals surface area (Å²) >= 11 is 0. The Bertz CT molecular complexity index is 395. The van der Waals surface area contributed by atoms with Gasteiger partial charge in [0.15, 0.2) is 4.90 Å². The molecule has 1 saturated heterocycles. The Kier molecular flexibility index (Phi) is 4.42. The average Bonchev–Trinajstić information content (AvgIpc) is 2.38. The predicted octanol–water partition coefficient (Wildman–Crippen LogP) is 4.71. The van der Waals surface area contributed by atoms with Gasteiger partial charge in [0.2, 0.25) is 0 Å². The van der Waals surface area contributed by atoms with Crippen molar-refractivity contribution in [1.82, 2.24) is 0 Å². The fourth-order valence-electron chi connectivity index (χ4n) is 2.66. The third-order valence-electron chi connectivity index (χ3n) is 3.90. The lowest BCUT2D eigenvalue weighted by atomic mass is 9.86. The van der Waals surface area contributed by atoms with Crippen molar-refractivity contribution in [3.8, 4) is 0 Å². The van der Waals surface area contributed by atoms with E-state index in [0.717, 1.165) is 0 Å². The second-order valence-electron chi connectivity index (χ2n) is 6.39. The van der Waals surface area contributed by atoms with Crippen LogP contribution in [0.4, 0.5) is 0 Å². The van der Waals surface area contributed by atoms with Gasteiger partial charge in [0, 0.05) is 16.5 Å². The molecule has 2 rings (SSSR count). The maximum Gasteiger partial charge on any atom is 0.158 e.